The van der Waals surface area contributed by atoms with Gasteiger partial charge in [-0.25, -0.2) is 0 Å². The smallest absolute Gasteiger partial charge is 0.246 e. The number of allylic oxidation sites excluding steroid dienone is 1. The van der Waals surface area contributed by atoms with Gasteiger partial charge >= 0.3 is 0 Å². The number of hydrogen-bond donors (Lipinski definition) is 4. The third-order valence-corrected chi connectivity index (χ3v) is 5.19. The fourth-order valence-electron chi connectivity index (χ4n) is 3.24. The van der Waals surface area contributed by atoms with Crippen LogP contribution in [0.3, 0.4) is 0 Å². The summed E-state index contributed by atoms with van der Waals surface area (Å²) in [5.74, 6) is -1.17. The Kier molecular flexibility index (Phi) is 7.38. The molecule has 1 aromatic carbocycles. The molecule has 2 amide bonds. The average Bonchev–Trinajstić information content (AvgIpc) is 2.76. The number of pyridine rings is 1. The number of hydrogen-bond acceptors (Lipinski definition) is 6. The lowest BCUT2D eigenvalue weighted by molar-refractivity contribution is -0.125. The van der Waals surface area contributed by atoms with Crippen LogP contribution in [0.15, 0.2) is 59.4 Å². The molecule has 1 aromatic heterocycles. The van der Waals surface area contributed by atoms with Crippen LogP contribution >= 0.6 is 11.6 Å². The minimum absolute atomic E-state index is 0.0198. The number of rotatable bonds is 7. The monoisotopic (exact) mass is 442 g/mol. The summed E-state index contributed by atoms with van der Waals surface area (Å²) in [4.78, 5) is 33.7. The molecule has 0 saturated heterocycles. The predicted octanol–water partition coefficient (Wildman–Crippen LogP) is 1.92. The van der Waals surface area contributed by atoms with Crippen LogP contribution < -0.4 is 10.6 Å². The fourth-order valence-corrected chi connectivity index (χ4v) is 3.44. The van der Waals surface area contributed by atoms with Gasteiger partial charge in [-0.1, -0.05) is 24.6 Å². The Morgan fingerprint density at radius 1 is 1.26 bits per heavy atom. The highest BCUT2D eigenvalue weighted by molar-refractivity contribution is 6.30. The molecule has 0 spiro atoms. The van der Waals surface area contributed by atoms with E-state index in [9.17, 15) is 19.8 Å². The van der Waals surface area contributed by atoms with Crippen molar-refractivity contribution in [3.8, 4) is 5.75 Å². The summed E-state index contributed by atoms with van der Waals surface area (Å²) in [7, 11) is 0. The summed E-state index contributed by atoms with van der Waals surface area (Å²) in [6.07, 6.45) is 4.61. The van der Waals surface area contributed by atoms with Crippen LogP contribution in [-0.4, -0.2) is 45.9 Å². The second-order valence-corrected chi connectivity index (χ2v) is 7.59. The van der Waals surface area contributed by atoms with Gasteiger partial charge in [0.05, 0.1) is 24.8 Å². The largest absolute Gasteiger partial charge is 0.508 e. The Bertz CT molecular complexity index is 1010. The molecule has 2 heterocycles. The summed E-state index contributed by atoms with van der Waals surface area (Å²) in [6, 6.07) is 8.28. The summed E-state index contributed by atoms with van der Waals surface area (Å²) >= 11 is 5.93. The molecule has 4 N–H and O–H groups in total. The number of amides is 2. The van der Waals surface area contributed by atoms with E-state index < -0.39 is 18.0 Å². The molecular weight excluding hydrogens is 420 g/mol. The van der Waals surface area contributed by atoms with Gasteiger partial charge in [-0.15, -0.1) is 0 Å². The van der Waals surface area contributed by atoms with Crippen molar-refractivity contribution in [1.29, 1.82) is 0 Å². The number of aromatic nitrogens is 1. The molecule has 162 valence electrons. The SMILES string of the molecule is CC1C(NC(=O)Cc2cc(Cl)ccc2O)=CC=NC1C(=O)NC(CO)c1ccccn1. The first-order valence-electron chi connectivity index (χ1n) is 9.71. The van der Waals surface area contributed by atoms with Gasteiger partial charge in [0.2, 0.25) is 11.8 Å². The molecule has 1 aliphatic heterocycles. The van der Waals surface area contributed by atoms with Gasteiger partial charge in [0.15, 0.2) is 0 Å². The predicted molar refractivity (Wildman–Crippen MR) is 117 cm³/mol. The van der Waals surface area contributed by atoms with Crippen LogP contribution in [0.5, 0.6) is 5.75 Å². The number of aliphatic imine (C=N–C) groups is 1. The van der Waals surface area contributed by atoms with E-state index in [0.29, 0.717) is 22.0 Å². The van der Waals surface area contributed by atoms with Crippen LogP contribution in [0.2, 0.25) is 5.02 Å². The maximum Gasteiger partial charge on any atom is 0.246 e. The number of nitrogens with one attached hydrogen (secondary N) is 2. The van der Waals surface area contributed by atoms with E-state index in [1.165, 1.54) is 24.4 Å². The number of benzene rings is 1. The van der Waals surface area contributed by atoms with Gasteiger partial charge in [-0.3, -0.25) is 19.6 Å². The highest BCUT2D eigenvalue weighted by Gasteiger charge is 2.31. The lowest BCUT2D eigenvalue weighted by Gasteiger charge is -2.27. The van der Waals surface area contributed by atoms with Crippen molar-refractivity contribution in [2.45, 2.75) is 25.4 Å². The number of dihydropyridines is 1. The van der Waals surface area contributed by atoms with E-state index >= 15 is 0 Å². The number of nitrogens with zero attached hydrogens (tertiary/aromatic N) is 2. The van der Waals surface area contributed by atoms with Crippen LogP contribution in [0.4, 0.5) is 0 Å². The number of aromatic hydroxyl groups is 1. The standard InChI is InChI=1S/C22H23ClN4O4/c1-13-16(26-20(30)11-14-10-15(23)5-6-19(14)29)7-9-25-21(13)22(31)27-18(12-28)17-4-2-3-8-24-17/h2-10,13,18,21,28-29H,11-12H2,1H3,(H,26,30)(H,27,31). The van der Waals surface area contributed by atoms with Crippen molar-refractivity contribution in [3.05, 3.63) is 70.6 Å². The number of phenols is 1. The third kappa shape index (κ3) is 5.68. The molecule has 31 heavy (non-hydrogen) atoms. The summed E-state index contributed by atoms with van der Waals surface area (Å²) in [5.41, 5.74) is 1.47. The Hall–Kier alpha value is -3.23. The van der Waals surface area contributed by atoms with Gasteiger partial charge in [0.1, 0.15) is 11.8 Å². The number of carbonyl (C=O) groups excluding carboxylic acids is 2. The molecule has 9 heteroatoms. The minimum Gasteiger partial charge on any atom is -0.508 e. The molecule has 8 nitrogen and oxygen atoms in total. The molecule has 0 fully saturated rings. The summed E-state index contributed by atoms with van der Waals surface area (Å²) in [6.45, 7) is 1.47. The minimum atomic E-state index is -0.780. The maximum atomic E-state index is 12.8. The van der Waals surface area contributed by atoms with Gasteiger partial charge in [0, 0.05) is 34.6 Å². The zero-order valence-corrected chi connectivity index (χ0v) is 17.6. The van der Waals surface area contributed by atoms with Crippen molar-refractivity contribution in [1.82, 2.24) is 15.6 Å². The van der Waals surface area contributed by atoms with E-state index in [4.69, 9.17) is 11.6 Å². The molecule has 0 bridgehead atoms. The van der Waals surface area contributed by atoms with E-state index in [1.807, 2.05) is 0 Å². The lowest BCUT2D eigenvalue weighted by atomic mass is 9.94. The Balaban J connectivity index is 1.64. The highest BCUT2D eigenvalue weighted by Crippen LogP contribution is 2.23. The molecular formula is C22H23ClN4O4. The van der Waals surface area contributed by atoms with E-state index in [0.717, 1.165) is 0 Å². The topological polar surface area (TPSA) is 124 Å². The normalized spacial score (nSPS) is 18.7. The first-order chi connectivity index (χ1) is 14.9. The van der Waals surface area contributed by atoms with Crippen molar-refractivity contribution in [3.63, 3.8) is 0 Å². The second-order valence-electron chi connectivity index (χ2n) is 7.15. The number of carbonyl (C=O) groups is 2. The third-order valence-electron chi connectivity index (χ3n) is 4.95. The molecule has 1 aliphatic rings. The van der Waals surface area contributed by atoms with Crippen molar-refractivity contribution in [2.75, 3.05) is 6.61 Å². The van der Waals surface area contributed by atoms with Crippen LogP contribution in [0.25, 0.3) is 0 Å². The van der Waals surface area contributed by atoms with Crippen LogP contribution in [0, 0.1) is 5.92 Å². The van der Waals surface area contributed by atoms with Gasteiger partial charge in [-0.2, -0.15) is 0 Å². The molecule has 0 saturated carbocycles. The Morgan fingerprint density at radius 3 is 2.77 bits per heavy atom. The Morgan fingerprint density at radius 2 is 2.06 bits per heavy atom. The van der Waals surface area contributed by atoms with E-state index in [-0.39, 0.29) is 30.6 Å². The number of aliphatic hydroxyl groups is 1. The molecule has 2 aromatic rings. The van der Waals surface area contributed by atoms with Crippen LogP contribution in [-0.2, 0) is 16.0 Å². The Labute approximate surface area is 184 Å². The van der Waals surface area contributed by atoms with E-state index in [2.05, 4.69) is 20.6 Å². The highest BCUT2D eigenvalue weighted by atomic mass is 35.5. The van der Waals surface area contributed by atoms with Gasteiger partial charge in [0.25, 0.3) is 0 Å². The number of halogens is 1. The average molecular weight is 443 g/mol. The molecule has 3 atom stereocenters. The van der Waals surface area contributed by atoms with Crippen molar-refractivity contribution >= 4 is 29.6 Å². The van der Waals surface area contributed by atoms with E-state index in [1.54, 1.807) is 37.4 Å². The molecule has 0 radical (unpaired) electrons. The van der Waals surface area contributed by atoms with Gasteiger partial charge in [-0.05, 0) is 36.4 Å². The maximum absolute atomic E-state index is 12.8. The zero-order valence-electron chi connectivity index (χ0n) is 16.8. The number of phenolic OH excluding ortho intramolecular Hbond substituents is 1. The molecule has 0 aliphatic carbocycles. The lowest BCUT2D eigenvalue weighted by Crippen LogP contribution is -2.44. The molecule has 3 unspecified atom stereocenters. The second kappa shape index (κ2) is 10.2. The first-order valence-corrected chi connectivity index (χ1v) is 10.1. The zero-order chi connectivity index (χ0) is 22.4. The van der Waals surface area contributed by atoms with Crippen molar-refractivity contribution < 1.29 is 19.8 Å². The summed E-state index contributed by atoms with van der Waals surface area (Å²) < 4.78 is 0. The quantitative estimate of drug-likeness (QED) is 0.521. The number of aliphatic hydroxyl groups excluding tert-OH is 1. The van der Waals surface area contributed by atoms with Crippen molar-refractivity contribution in [2.24, 2.45) is 10.9 Å². The first kappa shape index (κ1) is 22.5. The fraction of sp³-hybridized carbons (Fsp3) is 0.273. The van der Waals surface area contributed by atoms with Gasteiger partial charge < -0.3 is 20.8 Å². The molecule has 3 rings (SSSR count). The summed E-state index contributed by atoms with van der Waals surface area (Å²) in [5, 5.41) is 25.5. The van der Waals surface area contributed by atoms with Crippen LogP contribution in [0.1, 0.15) is 24.2 Å².